The Kier molecular flexibility index (Phi) is 5.72. The molecule has 0 saturated heterocycles. The van der Waals surface area contributed by atoms with Gasteiger partial charge in [-0.05, 0) is 17.2 Å². The van der Waals surface area contributed by atoms with Gasteiger partial charge in [-0.3, -0.25) is 5.41 Å². The Bertz CT molecular complexity index is 1150. The van der Waals surface area contributed by atoms with E-state index in [1.807, 2.05) is 89.5 Å². The van der Waals surface area contributed by atoms with Crippen LogP contribution in [-0.4, -0.2) is 14.8 Å². The van der Waals surface area contributed by atoms with Crippen molar-refractivity contribution in [3.63, 3.8) is 0 Å². The number of para-hydroxylation sites is 1. The van der Waals surface area contributed by atoms with Crippen LogP contribution in [0.4, 0.5) is 5.69 Å². The first-order chi connectivity index (χ1) is 14.2. The highest BCUT2D eigenvalue weighted by Crippen LogP contribution is 2.39. The molecule has 4 rings (SSSR count). The first kappa shape index (κ1) is 19.0. The molecule has 0 aliphatic carbocycles. The Hall–Kier alpha value is -3.38. The second-order valence-electron chi connectivity index (χ2n) is 6.54. The summed E-state index contributed by atoms with van der Waals surface area (Å²) in [5.41, 5.74) is 3.48. The molecule has 0 radical (unpaired) electrons. The summed E-state index contributed by atoms with van der Waals surface area (Å²) in [7, 11) is 0. The van der Waals surface area contributed by atoms with E-state index >= 15 is 0 Å². The monoisotopic (exact) mass is 400 g/mol. The highest BCUT2D eigenvalue weighted by Gasteiger charge is 2.16. The van der Waals surface area contributed by atoms with E-state index in [1.54, 1.807) is 0 Å². The molecule has 0 atom stereocenters. The van der Waals surface area contributed by atoms with Crippen LogP contribution in [0, 0.1) is 5.41 Å². The predicted molar refractivity (Wildman–Crippen MR) is 119 cm³/mol. The summed E-state index contributed by atoms with van der Waals surface area (Å²) in [5.74, 6) is 0.708. The molecular formula is C23H20N4OS. The van der Waals surface area contributed by atoms with Gasteiger partial charge in [0.15, 0.2) is 5.69 Å². The minimum Gasteiger partial charge on any atom is -0.493 e. The van der Waals surface area contributed by atoms with Gasteiger partial charge in [-0.15, -0.1) is 10.2 Å². The third-order valence-corrected chi connectivity index (χ3v) is 5.39. The maximum atomic E-state index is 10.8. The molecule has 4 aromatic rings. The second-order valence-corrected chi connectivity index (χ2v) is 7.50. The van der Waals surface area contributed by atoms with Crippen molar-refractivity contribution in [3.05, 3.63) is 96.1 Å². The number of nitrogens with one attached hydrogen (secondary N) is 1. The van der Waals surface area contributed by atoms with Crippen molar-refractivity contribution < 1.29 is 5.11 Å². The third kappa shape index (κ3) is 4.38. The van der Waals surface area contributed by atoms with E-state index in [9.17, 15) is 5.11 Å². The number of aromatic hydroxyl groups is 1. The first-order valence-electron chi connectivity index (χ1n) is 9.23. The Morgan fingerprint density at radius 1 is 0.862 bits per heavy atom. The van der Waals surface area contributed by atoms with E-state index in [4.69, 9.17) is 5.41 Å². The fourth-order valence-corrected chi connectivity index (χ4v) is 3.74. The topological polar surface area (TPSA) is 73.7 Å². The molecule has 0 fully saturated rings. The summed E-state index contributed by atoms with van der Waals surface area (Å²) < 4.78 is 1.82. The Morgan fingerprint density at radius 3 is 2.21 bits per heavy atom. The summed E-state index contributed by atoms with van der Waals surface area (Å²) in [5, 5.41) is 28.1. The van der Waals surface area contributed by atoms with Crippen LogP contribution in [0.2, 0.25) is 0 Å². The maximum absolute atomic E-state index is 10.8. The van der Waals surface area contributed by atoms with Crippen LogP contribution < -0.4 is 0 Å². The minimum atomic E-state index is 0.0552. The summed E-state index contributed by atoms with van der Waals surface area (Å²) in [6.07, 6.45) is 0. The molecule has 29 heavy (non-hydrogen) atoms. The molecule has 0 amide bonds. The van der Waals surface area contributed by atoms with E-state index in [0.29, 0.717) is 18.0 Å². The Morgan fingerprint density at radius 2 is 1.48 bits per heavy atom. The second kappa shape index (κ2) is 8.75. The molecule has 0 spiro atoms. The van der Waals surface area contributed by atoms with Gasteiger partial charge in [-0.1, -0.05) is 90.6 Å². The molecule has 5 nitrogen and oxygen atoms in total. The van der Waals surface area contributed by atoms with E-state index in [1.165, 1.54) is 11.8 Å². The van der Waals surface area contributed by atoms with Crippen molar-refractivity contribution >= 4 is 33.5 Å². The number of amidine groups is 1. The van der Waals surface area contributed by atoms with Crippen molar-refractivity contribution in [3.8, 4) is 5.88 Å². The van der Waals surface area contributed by atoms with Gasteiger partial charge < -0.3 is 9.67 Å². The van der Waals surface area contributed by atoms with Crippen molar-refractivity contribution in [1.29, 1.82) is 5.41 Å². The van der Waals surface area contributed by atoms with Crippen molar-refractivity contribution in [2.75, 3.05) is 0 Å². The molecule has 0 aliphatic rings. The maximum Gasteiger partial charge on any atom is 0.221 e. The average molecular weight is 401 g/mol. The van der Waals surface area contributed by atoms with Crippen LogP contribution >= 0.6 is 11.8 Å². The first-order valence-corrected chi connectivity index (χ1v) is 10.2. The summed E-state index contributed by atoms with van der Waals surface area (Å²) in [4.78, 5) is 0. The summed E-state index contributed by atoms with van der Waals surface area (Å²) in [6, 6.07) is 27.6. The number of benzene rings is 3. The van der Waals surface area contributed by atoms with Crippen LogP contribution in [0.3, 0.4) is 0 Å². The zero-order chi connectivity index (χ0) is 20.1. The third-order valence-electron chi connectivity index (χ3n) is 4.56. The fourth-order valence-electron chi connectivity index (χ4n) is 3.15. The highest BCUT2D eigenvalue weighted by atomic mass is 32.2. The predicted octanol–water partition coefficient (Wildman–Crippen LogP) is 6.35. The number of hydrogen-bond donors (Lipinski definition) is 2. The van der Waals surface area contributed by atoms with Crippen molar-refractivity contribution in [1.82, 2.24) is 4.57 Å². The molecular weight excluding hydrogens is 380 g/mol. The lowest BCUT2D eigenvalue weighted by Crippen LogP contribution is -1.98. The van der Waals surface area contributed by atoms with Gasteiger partial charge in [0.25, 0.3) is 0 Å². The van der Waals surface area contributed by atoms with Gasteiger partial charge in [0.2, 0.25) is 11.0 Å². The fraction of sp³-hybridized carbons (Fsp3) is 0.0870. The molecule has 0 saturated carbocycles. The number of fused-ring (bicyclic) bond motifs is 1. The van der Waals surface area contributed by atoms with Crippen molar-refractivity contribution in [2.24, 2.45) is 10.2 Å². The summed E-state index contributed by atoms with van der Waals surface area (Å²) in [6.45, 7) is 0.531. The smallest absolute Gasteiger partial charge is 0.221 e. The van der Waals surface area contributed by atoms with Gasteiger partial charge in [0.05, 0.1) is 12.1 Å². The number of azo groups is 1. The average Bonchev–Trinajstić information content (AvgIpc) is 3.03. The molecule has 144 valence electrons. The van der Waals surface area contributed by atoms with Crippen LogP contribution in [-0.2, 0) is 12.3 Å². The number of aromatic nitrogens is 1. The van der Waals surface area contributed by atoms with Gasteiger partial charge >= 0.3 is 0 Å². The quantitative estimate of drug-likeness (QED) is 0.233. The lowest BCUT2D eigenvalue weighted by atomic mass is 10.2. The molecule has 1 heterocycles. The minimum absolute atomic E-state index is 0.0552. The number of nitrogens with zero attached hydrogens (tertiary/aromatic N) is 3. The normalized spacial score (nSPS) is 11.3. The molecule has 3 aromatic carbocycles. The van der Waals surface area contributed by atoms with Crippen LogP contribution in [0.5, 0.6) is 5.88 Å². The zero-order valence-electron chi connectivity index (χ0n) is 15.7. The Labute approximate surface area is 173 Å². The Balaban J connectivity index is 1.58. The van der Waals surface area contributed by atoms with Crippen molar-refractivity contribution in [2.45, 2.75) is 12.3 Å². The standard InChI is InChI=1S/C23H20N4OS/c24-23(29-16-18-11-5-2-6-12-18)26-25-21-19-13-7-8-14-20(19)27(22(21)28)15-17-9-3-1-4-10-17/h1-14,24,28H,15-16H2. The van der Waals surface area contributed by atoms with E-state index in [-0.39, 0.29) is 11.0 Å². The van der Waals surface area contributed by atoms with Crippen LogP contribution in [0.25, 0.3) is 10.9 Å². The molecule has 1 aromatic heterocycles. The largest absolute Gasteiger partial charge is 0.493 e. The van der Waals surface area contributed by atoms with Gasteiger partial charge in [-0.25, -0.2) is 0 Å². The van der Waals surface area contributed by atoms with E-state index in [0.717, 1.165) is 22.0 Å². The van der Waals surface area contributed by atoms with Gasteiger partial charge in [0.1, 0.15) is 0 Å². The van der Waals surface area contributed by atoms with Crippen LogP contribution in [0.1, 0.15) is 11.1 Å². The van der Waals surface area contributed by atoms with Gasteiger partial charge in [-0.2, -0.15) is 0 Å². The number of hydrogen-bond acceptors (Lipinski definition) is 4. The number of thioether (sulfide) groups is 1. The molecule has 0 unspecified atom stereocenters. The van der Waals surface area contributed by atoms with Crippen LogP contribution in [0.15, 0.2) is 95.2 Å². The zero-order valence-corrected chi connectivity index (χ0v) is 16.5. The molecule has 0 aliphatic heterocycles. The number of rotatable bonds is 5. The lowest BCUT2D eigenvalue weighted by molar-refractivity contribution is 0.429. The highest BCUT2D eigenvalue weighted by molar-refractivity contribution is 8.13. The lowest BCUT2D eigenvalue weighted by Gasteiger charge is -2.06. The van der Waals surface area contributed by atoms with Gasteiger partial charge in [0, 0.05) is 11.1 Å². The van der Waals surface area contributed by atoms with E-state index in [2.05, 4.69) is 10.2 Å². The van der Waals surface area contributed by atoms with E-state index < -0.39 is 0 Å². The summed E-state index contributed by atoms with van der Waals surface area (Å²) >= 11 is 1.30. The molecule has 2 N–H and O–H groups in total. The molecule has 0 bridgehead atoms. The SMILES string of the molecule is N=C(N=Nc1c(O)n(Cc2ccccc2)c2ccccc12)SCc1ccccc1. The molecule has 6 heteroatoms.